The Morgan fingerprint density at radius 2 is 2.25 bits per heavy atom. The van der Waals surface area contributed by atoms with E-state index in [0.717, 1.165) is 18.5 Å². The Balaban J connectivity index is 1.96. The van der Waals surface area contributed by atoms with Crippen molar-refractivity contribution >= 4 is 6.09 Å². The van der Waals surface area contributed by atoms with Gasteiger partial charge in [0, 0.05) is 0 Å². The van der Waals surface area contributed by atoms with Crippen LogP contribution in [0.3, 0.4) is 0 Å². The van der Waals surface area contributed by atoms with Crippen molar-refractivity contribution in [2.24, 2.45) is 0 Å². The lowest BCUT2D eigenvalue weighted by Crippen LogP contribution is -2.41. The van der Waals surface area contributed by atoms with Crippen molar-refractivity contribution < 1.29 is 9.53 Å². The molecule has 4 heteroatoms. The van der Waals surface area contributed by atoms with Crippen LogP contribution >= 0.6 is 0 Å². The first kappa shape index (κ1) is 11.0. The van der Waals surface area contributed by atoms with Gasteiger partial charge in [-0.15, -0.1) is 0 Å². The Morgan fingerprint density at radius 1 is 1.50 bits per heavy atom. The minimum atomic E-state index is -0.447. The van der Waals surface area contributed by atoms with Gasteiger partial charge < -0.3 is 4.74 Å². The Hall–Kier alpha value is -1.45. The summed E-state index contributed by atoms with van der Waals surface area (Å²) in [5.74, 6) is 0. The second-order valence-corrected chi connectivity index (χ2v) is 5.14. The number of nitrogens with one attached hydrogen (secondary N) is 1. The molecule has 0 aromatic heterocycles. The van der Waals surface area contributed by atoms with Crippen LogP contribution in [-0.4, -0.2) is 23.2 Å². The molecule has 2 aliphatic rings. The Bertz CT molecular complexity index is 364. The van der Waals surface area contributed by atoms with E-state index in [1.165, 1.54) is 10.6 Å². The highest BCUT2D eigenvalue weighted by Gasteiger charge is 2.28. The number of carbonyl (C=O) groups excluding carboxylic acids is 1. The summed E-state index contributed by atoms with van der Waals surface area (Å²) in [4.78, 5) is 11.8. The van der Waals surface area contributed by atoms with E-state index < -0.39 is 5.60 Å². The van der Waals surface area contributed by atoms with Crippen molar-refractivity contribution in [3.63, 3.8) is 0 Å². The van der Waals surface area contributed by atoms with E-state index in [4.69, 9.17) is 4.74 Å². The van der Waals surface area contributed by atoms with Crippen LogP contribution < -0.4 is 5.43 Å². The van der Waals surface area contributed by atoms with Gasteiger partial charge in [-0.1, -0.05) is 6.08 Å². The summed E-state index contributed by atoms with van der Waals surface area (Å²) >= 11 is 0. The van der Waals surface area contributed by atoms with E-state index in [2.05, 4.69) is 11.5 Å². The smallest absolute Gasteiger partial charge is 0.429 e. The van der Waals surface area contributed by atoms with Gasteiger partial charge in [-0.3, -0.25) is 5.43 Å². The maximum Gasteiger partial charge on any atom is 0.429 e. The number of ether oxygens (including phenoxy) is 1. The second-order valence-electron chi connectivity index (χ2n) is 5.14. The maximum atomic E-state index is 11.8. The molecule has 0 spiro atoms. The van der Waals surface area contributed by atoms with Gasteiger partial charge >= 0.3 is 6.09 Å². The van der Waals surface area contributed by atoms with Crippen LogP contribution in [0, 0.1) is 0 Å². The number of rotatable bonds is 0. The maximum absolute atomic E-state index is 11.8. The van der Waals surface area contributed by atoms with Crippen LogP contribution in [0.2, 0.25) is 0 Å². The third-order valence-corrected chi connectivity index (χ3v) is 2.50. The SMILES string of the molecule is CC(C)(C)OC(=O)N1CC2=C(C=CCC2)N1. The quantitative estimate of drug-likeness (QED) is 0.684. The van der Waals surface area contributed by atoms with Gasteiger partial charge in [0.05, 0.1) is 12.2 Å². The first-order valence-corrected chi connectivity index (χ1v) is 5.61. The average Bonchev–Trinajstić information content (AvgIpc) is 2.58. The molecule has 1 amide bonds. The van der Waals surface area contributed by atoms with Gasteiger partial charge in [0.2, 0.25) is 0 Å². The molecule has 0 radical (unpaired) electrons. The standard InChI is InChI=1S/C12H18N2O2/c1-12(2,3)16-11(15)14-8-9-6-4-5-7-10(9)13-14/h5,7,13H,4,6,8H2,1-3H3. The highest BCUT2D eigenvalue weighted by atomic mass is 16.6. The van der Waals surface area contributed by atoms with Crippen molar-refractivity contribution in [3.8, 4) is 0 Å². The third-order valence-electron chi connectivity index (χ3n) is 2.50. The van der Waals surface area contributed by atoms with Crippen LogP contribution in [0.1, 0.15) is 33.6 Å². The zero-order valence-electron chi connectivity index (χ0n) is 10.0. The molecule has 1 heterocycles. The molecule has 1 aliphatic heterocycles. The molecule has 88 valence electrons. The summed E-state index contributed by atoms with van der Waals surface area (Å²) in [5, 5.41) is 1.53. The highest BCUT2D eigenvalue weighted by Crippen LogP contribution is 2.24. The molecular weight excluding hydrogens is 204 g/mol. The number of nitrogens with zero attached hydrogens (tertiary/aromatic N) is 1. The minimum absolute atomic E-state index is 0.310. The summed E-state index contributed by atoms with van der Waals surface area (Å²) in [5.41, 5.74) is 4.96. The largest absolute Gasteiger partial charge is 0.442 e. The Labute approximate surface area is 95.9 Å². The molecule has 0 saturated carbocycles. The second kappa shape index (κ2) is 3.85. The van der Waals surface area contributed by atoms with E-state index in [1.807, 2.05) is 26.8 Å². The van der Waals surface area contributed by atoms with Crippen molar-refractivity contribution in [1.29, 1.82) is 0 Å². The van der Waals surface area contributed by atoms with E-state index in [9.17, 15) is 4.79 Å². The van der Waals surface area contributed by atoms with Crippen LogP contribution in [0.5, 0.6) is 0 Å². The average molecular weight is 222 g/mol. The van der Waals surface area contributed by atoms with Gasteiger partial charge in [-0.2, -0.15) is 0 Å². The topological polar surface area (TPSA) is 41.6 Å². The molecule has 2 rings (SSSR count). The monoisotopic (exact) mass is 222 g/mol. The molecule has 0 bridgehead atoms. The van der Waals surface area contributed by atoms with Crippen LogP contribution in [-0.2, 0) is 4.74 Å². The molecule has 0 aromatic carbocycles. The lowest BCUT2D eigenvalue weighted by molar-refractivity contribution is 0.0216. The molecule has 0 saturated heterocycles. The number of allylic oxidation sites excluding steroid dienone is 2. The van der Waals surface area contributed by atoms with E-state index in [0.29, 0.717) is 6.54 Å². The predicted octanol–water partition coefficient (Wildman–Crippen LogP) is 2.35. The lowest BCUT2D eigenvalue weighted by Gasteiger charge is -2.24. The normalized spacial score (nSPS) is 19.6. The first-order valence-electron chi connectivity index (χ1n) is 5.61. The van der Waals surface area contributed by atoms with Crippen LogP contribution in [0.15, 0.2) is 23.4 Å². The molecular formula is C12H18N2O2. The van der Waals surface area contributed by atoms with E-state index in [1.54, 1.807) is 0 Å². The summed E-state index contributed by atoms with van der Waals surface area (Å²) in [6, 6.07) is 0. The Morgan fingerprint density at radius 3 is 2.88 bits per heavy atom. The molecule has 0 aromatic rings. The van der Waals surface area contributed by atoms with E-state index in [-0.39, 0.29) is 6.09 Å². The zero-order chi connectivity index (χ0) is 11.8. The predicted molar refractivity (Wildman–Crippen MR) is 61.5 cm³/mol. The zero-order valence-corrected chi connectivity index (χ0v) is 10.0. The summed E-state index contributed by atoms with van der Waals surface area (Å²) in [7, 11) is 0. The lowest BCUT2D eigenvalue weighted by atomic mass is 10.0. The number of amides is 1. The number of hydrogen-bond acceptors (Lipinski definition) is 3. The highest BCUT2D eigenvalue weighted by molar-refractivity contribution is 5.69. The van der Waals surface area contributed by atoms with Crippen LogP contribution in [0.25, 0.3) is 0 Å². The molecule has 1 N–H and O–H groups in total. The molecule has 0 fully saturated rings. The molecule has 1 aliphatic carbocycles. The van der Waals surface area contributed by atoms with Gasteiger partial charge in [0.25, 0.3) is 0 Å². The molecule has 0 unspecified atom stereocenters. The van der Waals surface area contributed by atoms with Gasteiger partial charge in [0.1, 0.15) is 5.60 Å². The fraction of sp³-hybridized carbons (Fsp3) is 0.583. The van der Waals surface area contributed by atoms with Crippen LogP contribution in [0.4, 0.5) is 4.79 Å². The fourth-order valence-electron chi connectivity index (χ4n) is 1.79. The Kier molecular flexibility index (Phi) is 2.66. The molecule has 16 heavy (non-hydrogen) atoms. The number of hydrazine groups is 1. The summed E-state index contributed by atoms with van der Waals surface area (Å²) in [6.45, 7) is 6.24. The van der Waals surface area contributed by atoms with Crippen molar-refractivity contribution in [1.82, 2.24) is 10.4 Å². The summed E-state index contributed by atoms with van der Waals surface area (Å²) in [6.07, 6.45) is 5.92. The molecule has 4 nitrogen and oxygen atoms in total. The van der Waals surface area contributed by atoms with Crippen molar-refractivity contribution in [2.45, 2.75) is 39.2 Å². The van der Waals surface area contributed by atoms with Crippen molar-refractivity contribution in [2.75, 3.05) is 6.54 Å². The van der Waals surface area contributed by atoms with E-state index >= 15 is 0 Å². The molecule has 0 atom stereocenters. The third kappa shape index (κ3) is 2.38. The fourth-order valence-corrected chi connectivity index (χ4v) is 1.79. The number of carbonyl (C=O) groups is 1. The van der Waals surface area contributed by atoms with Gasteiger partial charge in [-0.05, 0) is 45.3 Å². The van der Waals surface area contributed by atoms with Crippen molar-refractivity contribution in [3.05, 3.63) is 23.4 Å². The van der Waals surface area contributed by atoms with Gasteiger partial charge in [-0.25, -0.2) is 9.80 Å². The number of hydrogen-bond donors (Lipinski definition) is 1. The minimum Gasteiger partial charge on any atom is -0.442 e. The first-order chi connectivity index (χ1) is 7.46. The van der Waals surface area contributed by atoms with Gasteiger partial charge in [0.15, 0.2) is 0 Å². The summed E-state index contributed by atoms with van der Waals surface area (Å²) < 4.78 is 5.30.